The van der Waals surface area contributed by atoms with Gasteiger partial charge in [0.1, 0.15) is 0 Å². The van der Waals surface area contributed by atoms with Crippen molar-refractivity contribution in [3.05, 3.63) is 34.9 Å². The Balaban J connectivity index is 2.64. The van der Waals surface area contributed by atoms with E-state index in [0.717, 1.165) is 4.90 Å². The van der Waals surface area contributed by atoms with E-state index >= 15 is 0 Å². The predicted molar refractivity (Wildman–Crippen MR) is 74.7 cm³/mol. The Bertz CT molecular complexity index is 519. The largest absolute Gasteiger partial charge is 0.344 e. The molecule has 0 heterocycles. The lowest BCUT2D eigenvalue weighted by atomic mass is 10.2. The van der Waals surface area contributed by atoms with Gasteiger partial charge in [-0.1, -0.05) is 29.8 Å². The molecule has 0 saturated heterocycles. The number of rotatable bonds is 4. The molecule has 1 aromatic carbocycles. The second-order valence-electron chi connectivity index (χ2n) is 4.04. The van der Waals surface area contributed by atoms with Gasteiger partial charge in [-0.25, -0.2) is 0 Å². The number of hydrogen-bond donors (Lipinski definition) is 2. The van der Waals surface area contributed by atoms with Crippen LogP contribution < -0.4 is 11.1 Å². The van der Waals surface area contributed by atoms with Crippen LogP contribution in [-0.2, 0) is 20.9 Å². The SMILES string of the molecule is CC(=O)N(CCN)C(=O)C(=O)NCc1ccccc1Cl. The molecule has 0 bridgehead atoms. The number of nitrogens with one attached hydrogen (secondary N) is 1. The number of benzene rings is 1. The van der Waals surface area contributed by atoms with Crippen LogP contribution >= 0.6 is 11.6 Å². The Labute approximate surface area is 121 Å². The van der Waals surface area contributed by atoms with Gasteiger partial charge in [0.15, 0.2) is 0 Å². The van der Waals surface area contributed by atoms with E-state index in [1.165, 1.54) is 6.92 Å². The van der Waals surface area contributed by atoms with E-state index in [1.54, 1.807) is 24.3 Å². The molecular weight excluding hydrogens is 282 g/mol. The van der Waals surface area contributed by atoms with Crippen molar-refractivity contribution < 1.29 is 14.4 Å². The van der Waals surface area contributed by atoms with Crippen LogP contribution in [0.4, 0.5) is 0 Å². The van der Waals surface area contributed by atoms with Crippen molar-refractivity contribution in [2.45, 2.75) is 13.5 Å². The number of nitrogens with two attached hydrogens (primary N) is 1. The van der Waals surface area contributed by atoms with Crippen LogP contribution in [0.2, 0.25) is 5.02 Å². The van der Waals surface area contributed by atoms with Gasteiger partial charge in [-0.3, -0.25) is 19.3 Å². The molecule has 0 fully saturated rings. The third-order valence-corrected chi connectivity index (χ3v) is 2.94. The molecule has 0 atom stereocenters. The maximum atomic E-state index is 11.8. The highest BCUT2D eigenvalue weighted by molar-refractivity contribution is 6.37. The van der Waals surface area contributed by atoms with Crippen LogP contribution in [0.5, 0.6) is 0 Å². The summed E-state index contributed by atoms with van der Waals surface area (Å²) in [6.07, 6.45) is 0. The summed E-state index contributed by atoms with van der Waals surface area (Å²) >= 11 is 5.93. The number of nitrogens with zero attached hydrogens (tertiary/aromatic N) is 1. The Morgan fingerprint density at radius 2 is 1.95 bits per heavy atom. The standard InChI is InChI=1S/C13H16ClN3O3/c1-9(18)17(7-6-15)13(20)12(19)16-8-10-4-2-3-5-11(10)14/h2-5H,6-8,15H2,1H3,(H,16,19). The van der Waals surface area contributed by atoms with Crippen LogP contribution in [0.15, 0.2) is 24.3 Å². The molecule has 0 unspecified atom stereocenters. The lowest BCUT2D eigenvalue weighted by Gasteiger charge is -2.17. The molecule has 1 aromatic rings. The molecule has 6 nitrogen and oxygen atoms in total. The molecule has 0 spiro atoms. The highest BCUT2D eigenvalue weighted by Gasteiger charge is 2.24. The Hall–Kier alpha value is -1.92. The van der Waals surface area contributed by atoms with Gasteiger partial charge in [-0.15, -0.1) is 0 Å². The van der Waals surface area contributed by atoms with Crippen molar-refractivity contribution in [1.82, 2.24) is 10.2 Å². The number of halogens is 1. The van der Waals surface area contributed by atoms with Crippen LogP contribution in [0.25, 0.3) is 0 Å². The third kappa shape index (κ3) is 4.32. The van der Waals surface area contributed by atoms with Crippen molar-refractivity contribution in [1.29, 1.82) is 0 Å². The second kappa shape index (κ2) is 7.62. The van der Waals surface area contributed by atoms with E-state index in [1.807, 2.05) is 0 Å². The monoisotopic (exact) mass is 297 g/mol. The molecule has 0 saturated carbocycles. The van der Waals surface area contributed by atoms with Gasteiger partial charge in [0, 0.05) is 31.6 Å². The fourth-order valence-corrected chi connectivity index (χ4v) is 1.75. The molecule has 1 rings (SSSR count). The summed E-state index contributed by atoms with van der Waals surface area (Å²) in [6.45, 7) is 1.42. The van der Waals surface area contributed by atoms with Crippen LogP contribution in [0, 0.1) is 0 Å². The molecule has 0 aliphatic rings. The van der Waals surface area contributed by atoms with Gasteiger partial charge < -0.3 is 11.1 Å². The van der Waals surface area contributed by atoms with E-state index < -0.39 is 17.7 Å². The maximum Gasteiger partial charge on any atom is 0.318 e. The number of carbonyl (C=O) groups is 3. The average molecular weight is 298 g/mol. The Morgan fingerprint density at radius 3 is 2.50 bits per heavy atom. The van der Waals surface area contributed by atoms with Crippen molar-refractivity contribution in [3.8, 4) is 0 Å². The first-order valence-electron chi connectivity index (χ1n) is 6.01. The van der Waals surface area contributed by atoms with E-state index in [2.05, 4.69) is 5.32 Å². The second-order valence-corrected chi connectivity index (χ2v) is 4.45. The summed E-state index contributed by atoms with van der Waals surface area (Å²) in [6, 6.07) is 6.94. The zero-order chi connectivity index (χ0) is 15.1. The molecule has 0 aliphatic carbocycles. The minimum absolute atomic E-state index is 0.00762. The zero-order valence-corrected chi connectivity index (χ0v) is 11.8. The zero-order valence-electron chi connectivity index (χ0n) is 11.1. The Kier molecular flexibility index (Phi) is 6.14. The number of hydrogen-bond acceptors (Lipinski definition) is 4. The molecule has 0 radical (unpaired) electrons. The van der Waals surface area contributed by atoms with E-state index in [9.17, 15) is 14.4 Å². The number of amides is 3. The summed E-state index contributed by atoms with van der Waals surface area (Å²) in [4.78, 5) is 35.6. The summed E-state index contributed by atoms with van der Waals surface area (Å²) in [5.41, 5.74) is 5.98. The number of imide groups is 1. The van der Waals surface area contributed by atoms with Gasteiger partial charge >= 0.3 is 11.8 Å². The fraction of sp³-hybridized carbons (Fsp3) is 0.308. The predicted octanol–water partition coefficient (Wildman–Crippen LogP) is 0.290. The molecule has 7 heteroatoms. The first kappa shape index (κ1) is 16.1. The van der Waals surface area contributed by atoms with Crippen molar-refractivity contribution in [3.63, 3.8) is 0 Å². The molecular formula is C13H16ClN3O3. The minimum atomic E-state index is -0.921. The van der Waals surface area contributed by atoms with E-state index in [4.69, 9.17) is 17.3 Å². The van der Waals surface area contributed by atoms with Crippen LogP contribution in [0.3, 0.4) is 0 Å². The summed E-state index contributed by atoms with van der Waals surface area (Å²) < 4.78 is 0. The van der Waals surface area contributed by atoms with Crippen LogP contribution in [0.1, 0.15) is 12.5 Å². The number of carbonyl (C=O) groups excluding carboxylic acids is 3. The molecule has 3 N–H and O–H groups in total. The lowest BCUT2D eigenvalue weighted by molar-refractivity contribution is -0.151. The minimum Gasteiger partial charge on any atom is -0.344 e. The van der Waals surface area contributed by atoms with E-state index in [-0.39, 0.29) is 19.6 Å². The smallest absolute Gasteiger partial charge is 0.318 e. The first-order valence-corrected chi connectivity index (χ1v) is 6.39. The quantitative estimate of drug-likeness (QED) is 0.781. The summed E-state index contributed by atoms with van der Waals surface area (Å²) in [5, 5.41) is 2.92. The highest BCUT2D eigenvalue weighted by Crippen LogP contribution is 2.14. The normalized spacial score (nSPS) is 9.95. The topological polar surface area (TPSA) is 92.5 Å². The average Bonchev–Trinajstić information content (AvgIpc) is 2.42. The van der Waals surface area contributed by atoms with Crippen molar-refractivity contribution >= 4 is 29.3 Å². The van der Waals surface area contributed by atoms with Gasteiger partial charge in [-0.2, -0.15) is 0 Å². The van der Waals surface area contributed by atoms with Gasteiger partial charge in [-0.05, 0) is 11.6 Å². The summed E-state index contributed by atoms with van der Waals surface area (Å²) in [5.74, 6) is -2.31. The lowest BCUT2D eigenvalue weighted by Crippen LogP contribution is -2.46. The fourth-order valence-electron chi connectivity index (χ4n) is 1.55. The molecule has 108 valence electrons. The van der Waals surface area contributed by atoms with Gasteiger partial charge in [0.05, 0.1) is 0 Å². The maximum absolute atomic E-state index is 11.8. The summed E-state index contributed by atoms with van der Waals surface area (Å²) in [7, 11) is 0. The van der Waals surface area contributed by atoms with Gasteiger partial charge in [0.25, 0.3) is 0 Å². The van der Waals surface area contributed by atoms with E-state index in [0.29, 0.717) is 10.6 Å². The van der Waals surface area contributed by atoms with Crippen molar-refractivity contribution in [2.24, 2.45) is 5.73 Å². The first-order chi connectivity index (χ1) is 9.47. The van der Waals surface area contributed by atoms with Gasteiger partial charge in [0.2, 0.25) is 5.91 Å². The Morgan fingerprint density at radius 1 is 1.30 bits per heavy atom. The van der Waals surface area contributed by atoms with Crippen LogP contribution in [-0.4, -0.2) is 35.7 Å². The molecule has 0 aliphatic heterocycles. The molecule has 3 amide bonds. The molecule has 0 aromatic heterocycles. The highest BCUT2D eigenvalue weighted by atomic mass is 35.5. The van der Waals surface area contributed by atoms with Crippen molar-refractivity contribution in [2.75, 3.05) is 13.1 Å². The third-order valence-electron chi connectivity index (χ3n) is 2.57. The molecule has 20 heavy (non-hydrogen) atoms.